The van der Waals surface area contributed by atoms with Gasteiger partial charge in [0.25, 0.3) is 0 Å². The van der Waals surface area contributed by atoms with Gasteiger partial charge in [-0.15, -0.1) is 0 Å². The summed E-state index contributed by atoms with van der Waals surface area (Å²) in [6, 6.07) is 8.52. The Morgan fingerprint density at radius 3 is 2.15 bits per heavy atom. The first kappa shape index (κ1) is 14.8. The van der Waals surface area contributed by atoms with E-state index >= 15 is 0 Å². The van der Waals surface area contributed by atoms with Crippen molar-refractivity contribution in [1.82, 2.24) is 4.90 Å². The molecule has 0 N–H and O–H groups in total. The van der Waals surface area contributed by atoms with Crippen molar-refractivity contribution in [2.75, 3.05) is 31.1 Å². The third-order valence-electron chi connectivity index (χ3n) is 3.33. The van der Waals surface area contributed by atoms with E-state index in [-0.39, 0.29) is 6.09 Å². The van der Waals surface area contributed by atoms with E-state index in [9.17, 15) is 4.79 Å². The smallest absolute Gasteiger partial charge is 0.410 e. The second kappa shape index (κ2) is 5.77. The minimum Gasteiger partial charge on any atom is -0.444 e. The SMILES string of the molecule is Bc1ccc(N2CCN(C(=O)OC(C)(C)C)CC2)cc1. The summed E-state index contributed by atoms with van der Waals surface area (Å²) in [6.45, 7) is 8.81. The highest BCUT2D eigenvalue weighted by molar-refractivity contribution is 6.32. The molecule has 1 saturated heterocycles. The van der Waals surface area contributed by atoms with E-state index in [0.717, 1.165) is 13.1 Å². The van der Waals surface area contributed by atoms with Crippen molar-refractivity contribution in [3.05, 3.63) is 24.3 Å². The van der Waals surface area contributed by atoms with Crippen molar-refractivity contribution < 1.29 is 9.53 Å². The van der Waals surface area contributed by atoms with E-state index in [2.05, 4.69) is 37.0 Å². The van der Waals surface area contributed by atoms with E-state index in [0.29, 0.717) is 13.1 Å². The molecule has 0 aromatic heterocycles. The molecule has 0 bridgehead atoms. The number of anilines is 1. The first-order valence-electron chi connectivity index (χ1n) is 7.15. The number of ether oxygens (including phenoxy) is 1. The molecule has 0 saturated carbocycles. The van der Waals surface area contributed by atoms with Crippen LogP contribution in [0.3, 0.4) is 0 Å². The van der Waals surface area contributed by atoms with Gasteiger partial charge in [0, 0.05) is 31.9 Å². The van der Waals surface area contributed by atoms with Crippen LogP contribution in [-0.4, -0.2) is 50.6 Å². The van der Waals surface area contributed by atoms with Crippen molar-refractivity contribution >= 4 is 25.1 Å². The van der Waals surface area contributed by atoms with E-state index < -0.39 is 5.60 Å². The number of hydrogen-bond acceptors (Lipinski definition) is 3. The molecule has 1 fully saturated rings. The molecular formula is C15H23BN2O2. The number of benzene rings is 1. The van der Waals surface area contributed by atoms with Gasteiger partial charge in [0.15, 0.2) is 0 Å². The standard InChI is InChI=1S/C15H23BN2O2/c1-15(2,3)20-14(19)18-10-8-17(9-11-18)13-6-4-12(16)5-7-13/h4-7H,8-11,16H2,1-3H3. The minimum atomic E-state index is -0.425. The molecule has 1 heterocycles. The Balaban J connectivity index is 1.89. The fourth-order valence-corrected chi connectivity index (χ4v) is 2.23. The normalized spacial score (nSPS) is 16.1. The highest BCUT2D eigenvalue weighted by atomic mass is 16.6. The molecule has 0 spiro atoms. The van der Waals surface area contributed by atoms with Crippen LogP contribution in [0.25, 0.3) is 0 Å². The quantitative estimate of drug-likeness (QED) is 0.716. The number of carbonyl (C=O) groups is 1. The maximum Gasteiger partial charge on any atom is 0.410 e. The monoisotopic (exact) mass is 274 g/mol. The third-order valence-corrected chi connectivity index (χ3v) is 3.33. The zero-order valence-corrected chi connectivity index (χ0v) is 12.8. The molecule has 1 aromatic rings. The molecule has 20 heavy (non-hydrogen) atoms. The van der Waals surface area contributed by atoms with Gasteiger partial charge < -0.3 is 14.5 Å². The van der Waals surface area contributed by atoms with Gasteiger partial charge in [0.2, 0.25) is 0 Å². The van der Waals surface area contributed by atoms with Crippen LogP contribution in [-0.2, 0) is 4.74 Å². The molecule has 5 heteroatoms. The van der Waals surface area contributed by atoms with Crippen LogP contribution in [0.15, 0.2) is 24.3 Å². The summed E-state index contributed by atoms with van der Waals surface area (Å²) in [5, 5.41) is 0. The highest BCUT2D eigenvalue weighted by Crippen LogP contribution is 2.16. The van der Waals surface area contributed by atoms with E-state index in [4.69, 9.17) is 4.74 Å². The molecular weight excluding hydrogens is 251 g/mol. The molecule has 2 rings (SSSR count). The molecule has 0 aliphatic carbocycles. The van der Waals surface area contributed by atoms with Gasteiger partial charge in [-0.1, -0.05) is 17.6 Å². The van der Waals surface area contributed by atoms with Crippen LogP contribution in [0.1, 0.15) is 20.8 Å². The van der Waals surface area contributed by atoms with Crippen molar-refractivity contribution in [1.29, 1.82) is 0 Å². The number of piperazine rings is 1. The first-order valence-corrected chi connectivity index (χ1v) is 7.15. The van der Waals surface area contributed by atoms with Gasteiger partial charge >= 0.3 is 6.09 Å². The Bertz CT molecular complexity index is 460. The van der Waals surface area contributed by atoms with Gasteiger partial charge in [-0.25, -0.2) is 4.79 Å². The van der Waals surface area contributed by atoms with Gasteiger partial charge in [0.05, 0.1) is 0 Å². The van der Waals surface area contributed by atoms with Crippen LogP contribution >= 0.6 is 0 Å². The average Bonchev–Trinajstić information content (AvgIpc) is 2.38. The molecule has 0 atom stereocenters. The summed E-state index contributed by atoms with van der Waals surface area (Å²) >= 11 is 0. The van der Waals surface area contributed by atoms with Gasteiger partial charge in [-0.05, 0) is 32.9 Å². The average molecular weight is 274 g/mol. The Morgan fingerprint density at radius 2 is 1.65 bits per heavy atom. The molecule has 4 nitrogen and oxygen atoms in total. The van der Waals surface area contributed by atoms with Crippen LogP contribution in [0.2, 0.25) is 0 Å². The van der Waals surface area contributed by atoms with Crippen LogP contribution < -0.4 is 10.4 Å². The van der Waals surface area contributed by atoms with E-state index in [1.807, 2.05) is 20.8 Å². The summed E-state index contributed by atoms with van der Waals surface area (Å²) in [5.41, 5.74) is 2.06. The van der Waals surface area contributed by atoms with Crippen molar-refractivity contribution in [3.8, 4) is 0 Å². The maximum absolute atomic E-state index is 12.0. The van der Waals surface area contributed by atoms with Crippen LogP contribution in [0, 0.1) is 0 Å². The summed E-state index contributed by atoms with van der Waals surface area (Å²) in [4.78, 5) is 16.1. The van der Waals surface area contributed by atoms with E-state index in [1.165, 1.54) is 11.2 Å². The summed E-state index contributed by atoms with van der Waals surface area (Å²) in [7, 11) is 2.09. The lowest BCUT2D eigenvalue weighted by Gasteiger charge is -2.36. The molecule has 0 unspecified atom stereocenters. The topological polar surface area (TPSA) is 32.8 Å². The fourth-order valence-electron chi connectivity index (χ4n) is 2.23. The molecule has 1 aliphatic heterocycles. The van der Waals surface area contributed by atoms with E-state index in [1.54, 1.807) is 4.90 Å². The Labute approximate surface area is 122 Å². The first-order chi connectivity index (χ1) is 9.35. The molecule has 1 amide bonds. The number of hydrogen-bond donors (Lipinski definition) is 0. The maximum atomic E-state index is 12.0. The predicted octanol–water partition coefficient (Wildman–Crippen LogP) is 1.00. The van der Waals surface area contributed by atoms with Gasteiger partial charge in [-0.2, -0.15) is 0 Å². The predicted molar refractivity (Wildman–Crippen MR) is 84.6 cm³/mol. The molecule has 1 aliphatic rings. The molecule has 0 radical (unpaired) electrons. The number of amides is 1. The summed E-state index contributed by atoms with van der Waals surface area (Å²) in [5.74, 6) is 0. The second-order valence-electron chi connectivity index (χ2n) is 6.29. The Hall–Kier alpha value is -1.65. The third kappa shape index (κ3) is 3.92. The van der Waals surface area contributed by atoms with Crippen LogP contribution in [0.5, 0.6) is 0 Å². The lowest BCUT2D eigenvalue weighted by atomic mass is 9.96. The number of nitrogens with zero attached hydrogens (tertiary/aromatic N) is 2. The Kier molecular flexibility index (Phi) is 4.26. The van der Waals surface area contributed by atoms with Gasteiger partial charge in [-0.3, -0.25) is 0 Å². The fraction of sp³-hybridized carbons (Fsp3) is 0.533. The lowest BCUT2D eigenvalue weighted by Crippen LogP contribution is -2.50. The van der Waals surface area contributed by atoms with Gasteiger partial charge in [0.1, 0.15) is 13.4 Å². The zero-order chi connectivity index (χ0) is 14.8. The second-order valence-corrected chi connectivity index (χ2v) is 6.29. The summed E-state index contributed by atoms with van der Waals surface area (Å²) < 4.78 is 5.40. The highest BCUT2D eigenvalue weighted by Gasteiger charge is 2.25. The molecule has 108 valence electrons. The zero-order valence-electron chi connectivity index (χ0n) is 12.8. The van der Waals surface area contributed by atoms with Crippen molar-refractivity contribution in [2.45, 2.75) is 26.4 Å². The molecule has 1 aromatic carbocycles. The van der Waals surface area contributed by atoms with Crippen molar-refractivity contribution in [3.63, 3.8) is 0 Å². The number of rotatable bonds is 1. The Morgan fingerprint density at radius 1 is 1.10 bits per heavy atom. The number of carbonyl (C=O) groups excluding carboxylic acids is 1. The lowest BCUT2D eigenvalue weighted by molar-refractivity contribution is 0.0240. The largest absolute Gasteiger partial charge is 0.444 e. The van der Waals surface area contributed by atoms with Crippen molar-refractivity contribution in [2.24, 2.45) is 0 Å². The minimum absolute atomic E-state index is 0.207. The van der Waals surface area contributed by atoms with Crippen LogP contribution in [0.4, 0.5) is 10.5 Å². The summed E-state index contributed by atoms with van der Waals surface area (Å²) in [6.07, 6.45) is -0.207.